The zero-order chi connectivity index (χ0) is 21.6. The zero-order valence-electron chi connectivity index (χ0n) is 17.1. The molecule has 0 aliphatic rings. The van der Waals surface area contributed by atoms with Gasteiger partial charge in [0.25, 0.3) is 0 Å². The first kappa shape index (κ1) is 23.2. The van der Waals surface area contributed by atoms with E-state index in [0.717, 1.165) is 45.0 Å². The second kappa shape index (κ2) is 10.1. The summed E-state index contributed by atoms with van der Waals surface area (Å²) in [7, 11) is -3.67. The minimum Gasteiger partial charge on any atom is -0.478 e. The fourth-order valence-corrected chi connectivity index (χ4v) is 4.28. The van der Waals surface area contributed by atoms with Gasteiger partial charge in [-0.15, -0.1) is 0 Å². The fourth-order valence-electron chi connectivity index (χ4n) is 3.22. The van der Waals surface area contributed by atoms with Gasteiger partial charge in [0.1, 0.15) is 0 Å². The average Bonchev–Trinajstić information content (AvgIpc) is 2.67. The van der Waals surface area contributed by atoms with Crippen molar-refractivity contribution in [1.29, 1.82) is 0 Å². The molecule has 1 N–H and O–H groups in total. The van der Waals surface area contributed by atoms with Crippen LogP contribution >= 0.6 is 11.6 Å². The van der Waals surface area contributed by atoms with Gasteiger partial charge in [0.15, 0.2) is 9.84 Å². The van der Waals surface area contributed by atoms with Gasteiger partial charge in [-0.05, 0) is 42.7 Å². The van der Waals surface area contributed by atoms with E-state index < -0.39 is 15.8 Å². The lowest BCUT2D eigenvalue weighted by atomic mass is 9.99. The van der Waals surface area contributed by atoms with Crippen LogP contribution in [0.5, 0.6) is 0 Å². The molecule has 0 saturated heterocycles. The van der Waals surface area contributed by atoms with Crippen molar-refractivity contribution < 1.29 is 18.3 Å². The molecule has 0 unspecified atom stereocenters. The number of nitrogens with zero attached hydrogens (tertiary/aromatic N) is 1. The molecule has 2 aromatic carbocycles. The normalized spacial score (nSPS) is 11.4. The Morgan fingerprint density at radius 1 is 1.03 bits per heavy atom. The lowest BCUT2D eigenvalue weighted by molar-refractivity contribution is 0.0696. The Morgan fingerprint density at radius 3 is 2.03 bits per heavy atom. The molecule has 5 nitrogen and oxygen atoms in total. The number of carboxylic acids is 1. The van der Waals surface area contributed by atoms with Crippen LogP contribution in [0.25, 0.3) is 11.1 Å². The van der Waals surface area contributed by atoms with Gasteiger partial charge in [-0.1, -0.05) is 50.4 Å². The van der Waals surface area contributed by atoms with Crippen LogP contribution in [-0.4, -0.2) is 38.8 Å². The molecule has 29 heavy (non-hydrogen) atoms. The Balaban J connectivity index is 2.84. The Labute approximate surface area is 178 Å². The van der Waals surface area contributed by atoms with Gasteiger partial charge in [0.05, 0.1) is 10.5 Å². The van der Waals surface area contributed by atoms with Crippen LogP contribution < -0.4 is 4.90 Å². The van der Waals surface area contributed by atoms with Crippen LogP contribution in [0.2, 0.25) is 5.02 Å². The zero-order valence-corrected chi connectivity index (χ0v) is 18.7. The number of carboxylic acid groups (broad SMARTS) is 1. The topological polar surface area (TPSA) is 74.7 Å². The first-order chi connectivity index (χ1) is 13.7. The summed E-state index contributed by atoms with van der Waals surface area (Å²) in [5.74, 6) is -1.15. The molecule has 0 aliphatic carbocycles. The third-order valence-electron chi connectivity index (χ3n) is 4.76. The monoisotopic (exact) mass is 437 g/mol. The first-order valence-electron chi connectivity index (χ1n) is 9.81. The van der Waals surface area contributed by atoms with Crippen molar-refractivity contribution in [2.75, 3.05) is 24.2 Å². The number of carbonyl (C=O) groups is 1. The minimum absolute atomic E-state index is 0.0210. The molecule has 2 aromatic rings. The van der Waals surface area contributed by atoms with Crippen LogP contribution in [0.4, 0.5) is 5.69 Å². The van der Waals surface area contributed by atoms with Crippen molar-refractivity contribution in [3.8, 4) is 11.1 Å². The highest BCUT2D eigenvalue weighted by atomic mass is 35.5. The fraction of sp³-hybridized carbons (Fsp3) is 0.409. The highest BCUT2D eigenvalue weighted by Gasteiger charge is 2.24. The lowest BCUT2D eigenvalue weighted by Crippen LogP contribution is -2.27. The summed E-state index contributed by atoms with van der Waals surface area (Å²) >= 11 is 6.03. The second-order valence-corrected chi connectivity index (χ2v) is 9.57. The summed E-state index contributed by atoms with van der Waals surface area (Å²) in [6.45, 7) is 5.63. The molecule has 0 fully saturated rings. The number of aromatic carboxylic acids is 1. The van der Waals surface area contributed by atoms with E-state index in [2.05, 4.69) is 18.7 Å². The molecule has 0 aromatic heterocycles. The Bertz CT molecular complexity index is 948. The first-order valence-corrected chi connectivity index (χ1v) is 12.1. The van der Waals surface area contributed by atoms with E-state index in [1.165, 1.54) is 6.07 Å². The Kier molecular flexibility index (Phi) is 8.11. The van der Waals surface area contributed by atoms with Gasteiger partial charge in [0.2, 0.25) is 0 Å². The van der Waals surface area contributed by atoms with Crippen LogP contribution in [0.3, 0.4) is 0 Å². The van der Waals surface area contributed by atoms with E-state index in [-0.39, 0.29) is 10.5 Å². The molecule has 0 amide bonds. The lowest BCUT2D eigenvalue weighted by Gasteiger charge is -2.29. The van der Waals surface area contributed by atoms with E-state index >= 15 is 0 Å². The van der Waals surface area contributed by atoms with Crippen molar-refractivity contribution in [2.24, 2.45) is 0 Å². The van der Waals surface area contributed by atoms with Gasteiger partial charge < -0.3 is 10.0 Å². The smallest absolute Gasteiger partial charge is 0.335 e. The van der Waals surface area contributed by atoms with Gasteiger partial charge in [-0.3, -0.25) is 0 Å². The maximum atomic E-state index is 12.6. The number of hydrogen-bond donors (Lipinski definition) is 1. The van der Waals surface area contributed by atoms with Crippen LogP contribution in [0.15, 0.2) is 41.3 Å². The van der Waals surface area contributed by atoms with Crippen molar-refractivity contribution in [3.05, 3.63) is 47.0 Å². The molecule has 158 valence electrons. The van der Waals surface area contributed by atoms with E-state index in [9.17, 15) is 18.3 Å². The minimum atomic E-state index is -3.67. The number of sulfone groups is 1. The van der Waals surface area contributed by atoms with E-state index in [4.69, 9.17) is 11.6 Å². The Hall–Kier alpha value is -2.05. The molecule has 2 rings (SSSR count). The van der Waals surface area contributed by atoms with Crippen LogP contribution in [0, 0.1) is 0 Å². The molecule has 0 aliphatic heterocycles. The number of anilines is 1. The molecule has 7 heteroatoms. The molecular formula is C22H28ClNO4S. The summed E-state index contributed by atoms with van der Waals surface area (Å²) in [6, 6.07) is 9.80. The van der Waals surface area contributed by atoms with Crippen molar-refractivity contribution in [3.63, 3.8) is 0 Å². The van der Waals surface area contributed by atoms with Crippen molar-refractivity contribution >= 4 is 33.1 Å². The van der Waals surface area contributed by atoms with Gasteiger partial charge in [-0.25, -0.2) is 13.2 Å². The van der Waals surface area contributed by atoms with E-state index in [1.807, 2.05) is 0 Å². The largest absolute Gasteiger partial charge is 0.478 e. The van der Waals surface area contributed by atoms with E-state index in [1.54, 1.807) is 30.3 Å². The molecule has 0 bridgehead atoms. The SMILES string of the molecule is CCCCN(CCCC)c1cc(C(=O)O)cc(S(C)(=O)=O)c1-c1ccc(Cl)cc1. The summed E-state index contributed by atoms with van der Waals surface area (Å²) in [6.07, 6.45) is 4.93. The molecule has 0 radical (unpaired) electrons. The molecule has 0 spiro atoms. The number of benzene rings is 2. The summed E-state index contributed by atoms with van der Waals surface area (Å²) in [5.41, 5.74) is 1.83. The average molecular weight is 438 g/mol. The summed E-state index contributed by atoms with van der Waals surface area (Å²) in [5, 5.41) is 10.1. The number of halogens is 1. The van der Waals surface area contributed by atoms with E-state index in [0.29, 0.717) is 21.8 Å². The molecule has 0 heterocycles. The summed E-state index contributed by atoms with van der Waals surface area (Å²) in [4.78, 5) is 13.9. The van der Waals surface area contributed by atoms with Gasteiger partial charge in [-0.2, -0.15) is 0 Å². The molecule has 0 atom stereocenters. The third kappa shape index (κ3) is 5.97. The van der Waals surface area contributed by atoms with Crippen LogP contribution in [-0.2, 0) is 9.84 Å². The highest BCUT2D eigenvalue weighted by molar-refractivity contribution is 7.90. The quantitative estimate of drug-likeness (QED) is 0.530. The maximum absolute atomic E-state index is 12.6. The highest BCUT2D eigenvalue weighted by Crippen LogP contribution is 2.39. The molecular weight excluding hydrogens is 410 g/mol. The second-order valence-electron chi connectivity index (χ2n) is 7.15. The predicted octanol–water partition coefficient (Wildman–Crippen LogP) is 5.52. The molecule has 0 saturated carbocycles. The Morgan fingerprint density at radius 2 is 1.59 bits per heavy atom. The number of hydrogen-bond acceptors (Lipinski definition) is 4. The van der Waals surface area contributed by atoms with Gasteiger partial charge >= 0.3 is 5.97 Å². The van der Waals surface area contributed by atoms with Crippen LogP contribution in [0.1, 0.15) is 49.9 Å². The maximum Gasteiger partial charge on any atom is 0.335 e. The standard InChI is InChI=1S/C22H28ClNO4S/c1-4-6-12-24(13-7-5-2)19-14-17(22(25)26)15-20(29(3,27)28)21(19)16-8-10-18(23)11-9-16/h8-11,14-15H,4-7,12-13H2,1-3H3,(H,25,26). The third-order valence-corrected chi connectivity index (χ3v) is 6.14. The van der Waals surface area contributed by atoms with Crippen molar-refractivity contribution in [2.45, 2.75) is 44.4 Å². The van der Waals surface area contributed by atoms with Gasteiger partial charge in [0, 0.05) is 35.6 Å². The number of rotatable bonds is 10. The summed E-state index contributed by atoms with van der Waals surface area (Å²) < 4.78 is 25.3. The predicted molar refractivity (Wildman–Crippen MR) is 119 cm³/mol. The number of unbranched alkanes of at least 4 members (excludes halogenated alkanes) is 2. The van der Waals surface area contributed by atoms with Crippen molar-refractivity contribution in [1.82, 2.24) is 0 Å².